The number of carboxylic acids is 1. The van der Waals surface area contributed by atoms with E-state index in [4.69, 9.17) is 0 Å². The predicted molar refractivity (Wildman–Crippen MR) is 68.2 cm³/mol. The monoisotopic (exact) mass is 232 g/mol. The van der Waals surface area contributed by atoms with Crippen LogP contribution in [0.4, 0.5) is 0 Å². The predicted octanol–water partition coefficient (Wildman–Crippen LogP) is 3.67. The Morgan fingerprint density at radius 3 is 2.47 bits per heavy atom. The van der Waals surface area contributed by atoms with Crippen molar-refractivity contribution in [3.8, 4) is 0 Å². The molecule has 1 N–H and O–H groups in total. The molecule has 0 amide bonds. The lowest BCUT2D eigenvalue weighted by Crippen LogP contribution is -2.32. The molecule has 1 fully saturated rings. The van der Waals surface area contributed by atoms with Gasteiger partial charge in [-0.1, -0.05) is 43.5 Å². The standard InChI is InChI=1S/C15H20O2/c1-12-7-3-4-8-13(12)15(11-14(16)17)9-5-2-6-10-15/h3-4,7-8H,2,5-6,9-11H2,1H3,(H,16,17). The average Bonchev–Trinajstić information content (AvgIpc) is 2.29. The van der Waals surface area contributed by atoms with Crippen LogP contribution in [0.25, 0.3) is 0 Å². The highest BCUT2D eigenvalue weighted by atomic mass is 16.4. The molecule has 1 aliphatic rings. The van der Waals surface area contributed by atoms with Crippen molar-refractivity contribution in [3.05, 3.63) is 35.4 Å². The zero-order valence-corrected chi connectivity index (χ0v) is 10.4. The molecule has 0 bridgehead atoms. The summed E-state index contributed by atoms with van der Waals surface area (Å²) in [7, 11) is 0. The lowest BCUT2D eigenvalue weighted by atomic mass is 9.66. The van der Waals surface area contributed by atoms with E-state index in [1.54, 1.807) is 0 Å². The van der Waals surface area contributed by atoms with Gasteiger partial charge in [-0.25, -0.2) is 0 Å². The van der Waals surface area contributed by atoms with Gasteiger partial charge in [0.1, 0.15) is 0 Å². The minimum atomic E-state index is -0.671. The highest BCUT2D eigenvalue weighted by molar-refractivity contribution is 5.69. The molecule has 0 unspecified atom stereocenters. The fourth-order valence-electron chi connectivity index (χ4n) is 3.23. The third kappa shape index (κ3) is 2.51. The molecule has 2 rings (SSSR count). The Labute approximate surface area is 103 Å². The van der Waals surface area contributed by atoms with Gasteiger partial charge in [-0.2, -0.15) is 0 Å². The number of aliphatic carboxylic acids is 1. The molecule has 2 nitrogen and oxygen atoms in total. The third-order valence-electron chi connectivity index (χ3n) is 4.02. The van der Waals surface area contributed by atoms with E-state index in [0.717, 1.165) is 25.7 Å². The summed E-state index contributed by atoms with van der Waals surface area (Å²) in [5.74, 6) is -0.671. The average molecular weight is 232 g/mol. The van der Waals surface area contributed by atoms with Gasteiger partial charge in [0.15, 0.2) is 0 Å². The number of carbonyl (C=O) groups is 1. The molecular weight excluding hydrogens is 212 g/mol. The fraction of sp³-hybridized carbons (Fsp3) is 0.533. The Morgan fingerprint density at radius 2 is 1.88 bits per heavy atom. The first-order valence-corrected chi connectivity index (χ1v) is 6.42. The van der Waals surface area contributed by atoms with Crippen molar-refractivity contribution in [2.75, 3.05) is 0 Å². The number of hydrogen-bond acceptors (Lipinski definition) is 1. The molecule has 17 heavy (non-hydrogen) atoms. The lowest BCUT2D eigenvalue weighted by Gasteiger charge is -2.37. The van der Waals surface area contributed by atoms with Crippen molar-refractivity contribution in [2.24, 2.45) is 0 Å². The minimum Gasteiger partial charge on any atom is -0.481 e. The molecule has 0 saturated heterocycles. The molecule has 92 valence electrons. The van der Waals surface area contributed by atoms with E-state index in [9.17, 15) is 9.90 Å². The van der Waals surface area contributed by atoms with Crippen LogP contribution in [0.5, 0.6) is 0 Å². The van der Waals surface area contributed by atoms with Gasteiger partial charge in [0.05, 0.1) is 6.42 Å². The molecule has 1 saturated carbocycles. The highest BCUT2D eigenvalue weighted by Crippen LogP contribution is 2.43. The van der Waals surface area contributed by atoms with E-state index in [0.29, 0.717) is 0 Å². The van der Waals surface area contributed by atoms with Crippen LogP contribution in [0.1, 0.15) is 49.7 Å². The summed E-state index contributed by atoms with van der Waals surface area (Å²) in [6.07, 6.45) is 5.86. The molecule has 0 aromatic heterocycles. The second-order valence-electron chi connectivity index (χ2n) is 5.23. The van der Waals surface area contributed by atoms with Crippen LogP contribution in [-0.4, -0.2) is 11.1 Å². The number of rotatable bonds is 3. The molecule has 0 aliphatic heterocycles. The van der Waals surface area contributed by atoms with Crippen LogP contribution in [0.15, 0.2) is 24.3 Å². The molecule has 1 aromatic carbocycles. The van der Waals surface area contributed by atoms with Crippen LogP contribution in [0.2, 0.25) is 0 Å². The second-order valence-corrected chi connectivity index (χ2v) is 5.23. The zero-order chi connectivity index (χ0) is 12.3. The maximum absolute atomic E-state index is 11.2. The summed E-state index contributed by atoms with van der Waals surface area (Å²) in [4.78, 5) is 11.2. The number of carboxylic acid groups (broad SMARTS) is 1. The van der Waals surface area contributed by atoms with Crippen LogP contribution < -0.4 is 0 Å². The van der Waals surface area contributed by atoms with Crippen molar-refractivity contribution < 1.29 is 9.90 Å². The highest BCUT2D eigenvalue weighted by Gasteiger charge is 2.36. The smallest absolute Gasteiger partial charge is 0.304 e. The van der Waals surface area contributed by atoms with Crippen molar-refractivity contribution >= 4 is 5.97 Å². The molecule has 0 spiro atoms. The molecule has 0 atom stereocenters. The van der Waals surface area contributed by atoms with Gasteiger partial charge in [0, 0.05) is 5.41 Å². The van der Waals surface area contributed by atoms with Gasteiger partial charge in [-0.05, 0) is 30.9 Å². The van der Waals surface area contributed by atoms with Crippen molar-refractivity contribution in [1.82, 2.24) is 0 Å². The molecular formula is C15H20O2. The van der Waals surface area contributed by atoms with Gasteiger partial charge >= 0.3 is 5.97 Å². The Balaban J connectivity index is 2.39. The van der Waals surface area contributed by atoms with Gasteiger partial charge in [0.2, 0.25) is 0 Å². The van der Waals surface area contributed by atoms with Crippen LogP contribution in [-0.2, 0) is 10.2 Å². The molecule has 1 aromatic rings. The van der Waals surface area contributed by atoms with Gasteiger partial charge < -0.3 is 5.11 Å². The Hall–Kier alpha value is -1.31. The quantitative estimate of drug-likeness (QED) is 0.863. The number of benzene rings is 1. The van der Waals surface area contributed by atoms with E-state index in [2.05, 4.69) is 19.1 Å². The maximum Gasteiger partial charge on any atom is 0.304 e. The first kappa shape index (κ1) is 12.2. The summed E-state index contributed by atoms with van der Waals surface area (Å²) in [5.41, 5.74) is 2.37. The number of hydrogen-bond donors (Lipinski definition) is 1. The van der Waals surface area contributed by atoms with Crippen LogP contribution in [0.3, 0.4) is 0 Å². The van der Waals surface area contributed by atoms with Crippen molar-refractivity contribution in [1.29, 1.82) is 0 Å². The molecule has 0 radical (unpaired) electrons. The van der Waals surface area contributed by atoms with Crippen molar-refractivity contribution in [2.45, 2.75) is 50.9 Å². The first-order chi connectivity index (χ1) is 8.14. The maximum atomic E-state index is 11.2. The van der Waals surface area contributed by atoms with Gasteiger partial charge in [-0.15, -0.1) is 0 Å². The Morgan fingerprint density at radius 1 is 1.24 bits per heavy atom. The van der Waals surface area contributed by atoms with E-state index >= 15 is 0 Å². The van der Waals surface area contributed by atoms with E-state index in [-0.39, 0.29) is 11.8 Å². The van der Waals surface area contributed by atoms with Crippen molar-refractivity contribution in [3.63, 3.8) is 0 Å². The minimum absolute atomic E-state index is 0.116. The first-order valence-electron chi connectivity index (χ1n) is 6.42. The normalized spacial score (nSPS) is 18.9. The lowest BCUT2D eigenvalue weighted by molar-refractivity contribution is -0.138. The van der Waals surface area contributed by atoms with Crippen LogP contribution in [0, 0.1) is 6.92 Å². The van der Waals surface area contributed by atoms with E-state index in [1.165, 1.54) is 17.5 Å². The molecule has 1 aliphatic carbocycles. The summed E-state index contributed by atoms with van der Waals surface area (Å²) in [6.45, 7) is 2.09. The summed E-state index contributed by atoms with van der Waals surface area (Å²) >= 11 is 0. The van der Waals surface area contributed by atoms with E-state index < -0.39 is 5.97 Å². The fourth-order valence-corrected chi connectivity index (χ4v) is 3.23. The van der Waals surface area contributed by atoms with Gasteiger partial charge in [-0.3, -0.25) is 4.79 Å². The zero-order valence-electron chi connectivity index (χ0n) is 10.4. The van der Waals surface area contributed by atoms with E-state index in [1.807, 2.05) is 12.1 Å². The number of aryl methyl sites for hydroxylation is 1. The molecule has 2 heteroatoms. The second kappa shape index (κ2) is 4.91. The SMILES string of the molecule is Cc1ccccc1C1(CC(=O)O)CCCCC1. The topological polar surface area (TPSA) is 37.3 Å². The molecule has 0 heterocycles. The summed E-state index contributed by atoms with van der Waals surface area (Å²) < 4.78 is 0. The van der Waals surface area contributed by atoms with Crippen LogP contribution >= 0.6 is 0 Å². The third-order valence-corrected chi connectivity index (χ3v) is 4.02. The summed E-state index contributed by atoms with van der Waals surface area (Å²) in [5, 5.41) is 9.18. The Kier molecular flexibility index (Phi) is 3.51. The Bertz CT molecular complexity index is 403. The largest absolute Gasteiger partial charge is 0.481 e. The van der Waals surface area contributed by atoms with Gasteiger partial charge in [0.25, 0.3) is 0 Å². The summed E-state index contributed by atoms with van der Waals surface area (Å²) in [6, 6.07) is 8.26.